The lowest BCUT2D eigenvalue weighted by molar-refractivity contribution is 0.734. The monoisotopic (exact) mass is 388 g/mol. The Labute approximate surface area is 168 Å². The van der Waals surface area contributed by atoms with E-state index in [2.05, 4.69) is 71.5 Å². The first-order chi connectivity index (χ1) is 13.3. The number of hydrogen-bond acceptors (Lipinski definition) is 4. The van der Waals surface area contributed by atoms with E-state index in [9.17, 15) is 0 Å². The Kier molecular flexibility index (Phi) is 5.56. The van der Waals surface area contributed by atoms with Crippen LogP contribution in [-0.2, 0) is 0 Å². The van der Waals surface area contributed by atoms with Gasteiger partial charge >= 0.3 is 0 Å². The fraction of sp³-hybridized carbons (Fsp3) is 0.130. The fourth-order valence-corrected chi connectivity index (χ4v) is 4.51. The summed E-state index contributed by atoms with van der Waals surface area (Å²) in [6.07, 6.45) is 11.6. The number of hydrogen-bond donors (Lipinski definition) is 0. The molecule has 134 valence electrons. The van der Waals surface area contributed by atoms with Gasteiger partial charge < -0.3 is 0 Å². The van der Waals surface area contributed by atoms with Crippen molar-refractivity contribution in [1.29, 1.82) is 0 Å². The lowest BCUT2D eigenvalue weighted by Gasteiger charge is -2.07. The van der Waals surface area contributed by atoms with Crippen molar-refractivity contribution in [2.45, 2.75) is 13.3 Å². The van der Waals surface area contributed by atoms with Gasteiger partial charge in [-0.25, -0.2) is 9.98 Å². The van der Waals surface area contributed by atoms with E-state index in [0.29, 0.717) is 5.92 Å². The Hall–Kier alpha value is -2.56. The van der Waals surface area contributed by atoms with Gasteiger partial charge in [-0.3, -0.25) is 0 Å². The van der Waals surface area contributed by atoms with E-state index in [-0.39, 0.29) is 0 Å². The van der Waals surface area contributed by atoms with E-state index in [0.717, 1.165) is 22.0 Å². The summed E-state index contributed by atoms with van der Waals surface area (Å²) in [5, 5.41) is 2.04. The number of nitrogens with zero attached hydrogens (tertiary/aromatic N) is 2. The van der Waals surface area contributed by atoms with Crippen molar-refractivity contribution in [3.05, 3.63) is 84.0 Å². The molecule has 2 nitrogen and oxygen atoms in total. The van der Waals surface area contributed by atoms with E-state index in [1.807, 2.05) is 30.6 Å². The van der Waals surface area contributed by atoms with Gasteiger partial charge in [0, 0.05) is 22.2 Å². The molecule has 0 aliphatic heterocycles. The minimum atomic E-state index is 0.632. The molecule has 2 heterocycles. The van der Waals surface area contributed by atoms with Crippen molar-refractivity contribution in [2.75, 3.05) is 0 Å². The highest BCUT2D eigenvalue weighted by atomic mass is 32.1. The third-order valence-corrected chi connectivity index (χ3v) is 6.43. The van der Waals surface area contributed by atoms with Crippen LogP contribution < -0.4 is 0 Å². The molecule has 3 aromatic rings. The largest absolute Gasteiger partial charge is 0.245 e. The summed E-state index contributed by atoms with van der Waals surface area (Å²) in [6, 6.07) is 18.6. The molecule has 0 N–H and O–H groups in total. The molecule has 4 heteroatoms. The van der Waals surface area contributed by atoms with Crippen LogP contribution in [0.3, 0.4) is 0 Å². The van der Waals surface area contributed by atoms with Gasteiger partial charge in [-0.2, -0.15) is 0 Å². The molecule has 2 aromatic heterocycles. The Morgan fingerprint density at radius 2 is 1.52 bits per heavy atom. The maximum atomic E-state index is 4.63. The van der Waals surface area contributed by atoms with Crippen molar-refractivity contribution in [1.82, 2.24) is 0 Å². The number of allylic oxidation sites excluding steroid dienone is 4. The number of thiophene rings is 2. The highest BCUT2D eigenvalue weighted by Crippen LogP contribution is 2.39. The van der Waals surface area contributed by atoms with Gasteiger partial charge in [-0.1, -0.05) is 55.5 Å². The molecule has 0 bridgehead atoms. The zero-order valence-corrected chi connectivity index (χ0v) is 16.7. The first kappa shape index (κ1) is 17.8. The Morgan fingerprint density at radius 3 is 2.15 bits per heavy atom. The van der Waals surface area contributed by atoms with Crippen LogP contribution in [0.4, 0.5) is 10.0 Å². The van der Waals surface area contributed by atoms with Gasteiger partial charge in [-0.15, -0.1) is 22.7 Å². The summed E-state index contributed by atoms with van der Waals surface area (Å²) < 4.78 is 0. The van der Waals surface area contributed by atoms with Gasteiger partial charge in [0.05, 0.1) is 0 Å². The summed E-state index contributed by atoms with van der Waals surface area (Å²) in [7, 11) is 0. The van der Waals surface area contributed by atoms with Crippen LogP contribution in [0, 0.1) is 5.92 Å². The van der Waals surface area contributed by atoms with Crippen molar-refractivity contribution in [2.24, 2.45) is 15.9 Å². The van der Waals surface area contributed by atoms with Crippen LogP contribution in [0.1, 0.15) is 18.9 Å². The third kappa shape index (κ3) is 4.79. The molecule has 4 rings (SSSR count). The number of benzene rings is 1. The average Bonchev–Trinajstić information content (AvgIpc) is 3.36. The van der Waals surface area contributed by atoms with Crippen LogP contribution in [-0.4, -0.2) is 12.4 Å². The minimum absolute atomic E-state index is 0.632. The van der Waals surface area contributed by atoms with Gasteiger partial charge in [0.25, 0.3) is 0 Å². The van der Waals surface area contributed by atoms with E-state index in [4.69, 9.17) is 0 Å². The molecule has 0 amide bonds. The predicted molar refractivity (Wildman–Crippen MR) is 120 cm³/mol. The van der Waals surface area contributed by atoms with Crippen molar-refractivity contribution < 1.29 is 0 Å². The molecular formula is C23H20N2S2. The van der Waals surface area contributed by atoms with Gasteiger partial charge in [0.15, 0.2) is 0 Å². The molecule has 27 heavy (non-hydrogen) atoms. The van der Waals surface area contributed by atoms with Crippen LogP contribution >= 0.6 is 22.7 Å². The summed E-state index contributed by atoms with van der Waals surface area (Å²) in [5.41, 5.74) is 2.30. The maximum Gasteiger partial charge on any atom is 0.116 e. The lowest BCUT2D eigenvalue weighted by atomic mass is 9.99. The first-order valence-electron chi connectivity index (χ1n) is 8.98. The summed E-state index contributed by atoms with van der Waals surface area (Å²) >= 11 is 3.42. The van der Waals surface area contributed by atoms with Crippen molar-refractivity contribution in [3.8, 4) is 9.75 Å². The SMILES string of the molecule is CC1C=CC(/C=N/c2ccc(-c3ccc(/N=C/c4ccccc4)s3)s2)=CC1. The zero-order valence-electron chi connectivity index (χ0n) is 15.1. The van der Waals surface area contributed by atoms with Gasteiger partial charge in [0.1, 0.15) is 10.0 Å². The van der Waals surface area contributed by atoms with Crippen molar-refractivity contribution in [3.63, 3.8) is 0 Å². The van der Waals surface area contributed by atoms with Gasteiger partial charge in [-0.05, 0) is 47.7 Å². The van der Waals surface area contributed by atoms with E-state index in [1.165, 1.54) is 15.3 Å². The van der Waals surface area contributed by atoms with E-state index in [1.54, 1.807) is 22.7 Å². The predicted octanol–water partition coefficient (Wildman–Crippen LogP) is 7.45. The van der Waals surface area contributed by atoms with Crippen LogP contribution in [0.5, 0.6) is 0 Å². The standard InChI is InChI=1S/C23H20N2S2/c1-17-7-9-19(10-8-17)16-25-23-14-12-21(27-23)20-11-13-22(26-20)24-15-18-5-3-2-4-6-18/h2-7,9-17H,8H2,1H3/b24-15+,25-16+. The molecule has 0 fully saturated rings. The normalized spacial score (nSPS) is 17.1. The highest BCUT2D eigenvalue weighted by Gasteiger charge is 2.06. The van der Waals surface area contributed by atoms with Crippen molar-refractivity contribution >= 4 is 45.1 Å². The topological polar surface area (TPSA) is 24.7 Å². The van der Waals surface area contributed by atoms with Crippen LogP contribution in [0.2, 0.25) is 0 Å². The molecule has 1 atom stereocenters. The Morgan fingerprint density at radius 1 is 0.852 bits per heavy atom. The summed E-state index contributed by atoms with van der Waals surface area (Å²) in [4.78, 5) is 11.7. The third-order valence-electron chi connectivity index (χ3n) is 4.25. The quantitative estimate of drug-likeness (QED) is 0.405. The van der Waals surface area contributed by atoms with Crippen LogP contribution in [0.15, 0.2) is 88.4 Å². The maximum absolute atomic E-state index is 4.63. The van der Waals surface area contributed by atoms with E-state index >= 15 is 0 Å². The number of rotatable bonds is 5. The summed E-state index contributed by atoms with van der Waals surface area (Å²) in [6.45, 7) is 2.23. The molecule has 1 unspecified atom stereocenters. The molecule has 1 aliphatic carbocycles. The second-order valence-electron chi connectivity index (χ2n) is 6.48. The molecule has 0 saturated carbocycles. The zero-order chi connectivity index (χ0) is 18.5. The first-order valence-corrected chi connectivity index (χ1v) is 10.6. The molecule has 0 spiro atoms. The fourth-order valence-electron chi connectivity index (χ4n) is 2.71. The highest BCUT2D eigenvalue weighted by molar-refractivity contribution is 7.25. The summed E-state index contributed by atoms with van der Waals surface area (Å²) in [5.74, 6) is 0.632. The molecule has 1 aliphatic rings. The van der Waals surface area contributed by atoms with Crippen LogP contribution in [0.25, 0.3) is 9.75 Å². The smallest absolute Gasteiger partial charge is 0.116 e. The Bertz CT molecular complexity index is 1020. The molecule has 1 aromatic carbocycles. The number of aliphatic imine (C=N–C) groups is 2. The Balaban J connectivity index is 1.44. The molecule has 0 radical (unpaired) electrons. The van der Waals surface area contributed by atoms with Gasteiger partial charge in [0.2, 0.25) is 0 Å². The molecule has 0 saturated heterocycles. The molecular weight excluding hydrogens is 368 g/mol. The van der Waals surface area contributed by atoms with E-state index < -0.39 is 0 Å². The minimum Gasteiger partial charge on any atom is -0.245 e. The lowest BCUT2D eigenvalue weighted by Crippen LogP contribution is -1.94. The average molecular weight is 389 g/mol. The second kappa shape index (κ2) is 8.42. The second-order valence-corrected chi connectivity index (χ2v) is 8.60.